The number of hydrogen-bond acceptors (Lipinski definition) is 2. The Morgan fingerprint density at radius 3 is 3.33 bits per heavy atom. The van der Waals surface area contributed by atoms with E-state index in [-0.39, 0.29) is 0 Å². The van der Waals surface area contributed by atoms with E-state index in [1.54, 1.807) is 0 Å². The van der Waals surface area contributed by atoms with E-state index in [9.17, 15) is 0 Å². The number of aliphatic imine (C=N–C) groups is 1. The Labute approximate surface area is 56.4 Å². The summed E-state index contributed by atoms with van der Waals surface area (Å²) in [6.45, 7) is 5.34. The van der Waals surface area contributed by atoms with Crippen molar-refractivity contribution in [1.29, 1.82) is 0 Å². The van der Waals surface area contributed by atoms with Gasteiger partial charge in [0.05, 0.1) is 6.54 Å². The van der Waals surface area contributed by atoms with Crippen molar-refractivity contribution in [2.24, 2.45) is 10.9 Å². The summed E-state index contributed by atoms with van der Waals surface area (Å²) in [7, 11) is 0. The fourth-order valence-electron chi connectivity index (χ4n) is 0.927. The monoisotopic (exact) mass is 126 g/mol. The summed E-state index contributed by atoms with van der Waals surface area (Å²) in [5, 5.41) is 3.30. The Hall–Kier alpha value is -0.370. The minimum atomic E-state index is 0.665. The first-order chi connectivity index (χ1) is 4.39. The first-order valence-corrected chi connectivity index (χ1v) is 3.60. The maximum atomic E-state index is 4.22. The van der Waals surface area contributed by atoms with Crippen LogP contribution in [0.1, 0.15) is 13.3 Å². The molecular formula is C7H14N2. The van der Waals surface area contributed by atoms with Crippen LogP contribution in [0, 0.1) is 5.92 Å². The average molecular weight is 126 g/mol. The second-order valence-corrected chi connectivity index (χ2v) is 2.57. The molecule has 0 spiro atoms. The summed E-state index contributed by atoms with van der Waals surface area (Å²) in [4.78, 5) is 4.22. The van der Waals surface area contributed by atoms with Crippen molar-refractivity contribution in [1.82, 2.24) is 5.32 Å². The van der Waals surface area contributed by atoms with E-state index in [0.717, 1.165) is 19.6 Å². The predicted molar refractivity (Wildman–Crippen MR) is 40.0 cm³/mol. The maximum absolute atomic E-state index is 4.22. The Balaban J connectivity index is 2.30. The van der Waals surface area contributed by atoms with Gasteiger partial charge in [-0.1, -0.05) is 6.92 Å². The number of hydrogen-bond donors (Lipinski definition) is 1. The molecule has 0 bridgehead atoms. The van der Waals surface area contributed by atoms with Gasteiger partial charge in [-0.25, -0.2) is 0 Å². The van der Waals surface area contributed by atoms with E-state index in [2.05, 4.69) is 23.4 Å². The van der Waals surface area contributed by atoms with Crippen molar-refractivity contribution in [2.45, 2.75) is 13.3 Å². The third-order valence-electron chi connectivity index (χ3n) is 1.55. The smallest absolute Gasteiger partial charge is 0.0510 e. The molecule has 52 valence electrons. The summed E-state index contributed by atoms with van der Waals surface area (Å²) in [6.07, 6.45) is 3.30. The molecule has 1 unspecified atom stereocenters. The van der Waals surface area contributed by atoms with E-state index in [1.807, 2.05) is 0 Å². The van der Waals surface area contributed by atoms with E-state index in [4.69, 9.17) is 0 Å². The molecule has 0 radical (unpaired) electrons. The average Bonchev–Trinajstić information content (AvgIpc) is 1.79. The van der Waals surface area contributed by atoms with Crippen molar-refractivity contribution in [3.05, 3.63) is 0 Å². The van der Waals surface area contributed by atoms with Crippen LogP contribution < -0.4 is 5.32 Å². The maximum Gasteiger partial charge on any atom is 0.0510 e. The molecule has 1 aliphatic rings. The zero-order valence-electron chi connectivity index (χ0n) is 5.93. The first kappa shape index (κ1) is 6.75. The van der Waals surface area contributed by atoms with Gasteiger partial charge in [0.2, 0.25) is 0 Å². The van der Waals surface area contributed by atoms with Crippen LogP contribution in [0.5, 0.6) is 0 Å². The molecule has 0 amide bonds. The highest BCUT2D eigenvalue weighted by molar-refractivity contribution is 5.60. The van der Waals surface area contributed by atoms with E-state index >= 15 is 0 Å². The number of nitrogens with zero attached hydrogens (tertiary/aromatic N) is 1. The highest BCUT2D eigenvalue weighted by Gasteiger charge is 1.98. The molecule has 1 N–H and O–H groups in total. The van der Waals surface area contributed by atoms with Crippen LogP contribution in [0.15, 0.2) is 4.99 Å². The molecule has 2 heteroatoms. The first-order valence-electron chi connectivity index (χ1n) is 3.60. The molecule has 2 nitrogen and oxygen atoms in total. The van der Waals surface area contributed by atoms with Crippen molar-refractivity contribution in [2.75, 3.05) is 19.6 Å². The minimum Gasteiger partial charge on any atom is -0.315 e. The lowest BCUT2D eigenvalue weighted by Gasteiger charge is -2.09. The van der Waals surface area contributed by atoms with Crippen LogP contribution in [-0.4, -0.2) is 25.8 Å². The highest BCUT2D eigenvalue weighted by atomic mass is 14.9. The predicted octanol–water partition coefficient (Wildman–Crippen LogP) is 0.687. The van der Waals surface area contributed by atoms with Crippen LogP contribution in [0.3, 0.4) is 0 Å². The molecule has 0 aromatic carbocycles. The summed E-state index contributed by atoms with van der Waals surface area (Å²) in [6, 6.07) is 0. The number of nitrogens with one attached hydrogen (secondary N) is 1. The van der Waals surface area contributed by atoms with Crippen LogP contribution in [0.4, 0.5) is 0 Å². The van der Waals surface area contributed by atoms with Crippen LogP contribution in [-0.2, 0) is 0 Å². The van der Waals surface area contributed by atoms with Crippen LogP contribution >= 0.6 is 0 Å². The largest absolute Gasteiger partial charge is 0.315 e. The van der Waals surface area contributed by atoms with Gasteiger partial charge < -0.3 is 5.32 Å². The lowest BCUT2D eigenvalue weighted by molar-refractivity contribution is 0.588. The second-order valence-electron chi connectivity index (χ2n) is 2.57. The fourth-order valence-corrected chi connectivity index (χ4v) is 0.927. The standard InChI is InChI=1S/C7H14N2/c1-7-2-3-8-4-5-9-6-7/h6-8H,2-5H2,1H3. The van der Waals surface area contributed by atoms with Crippen molar-refractivity contribution < 1.29 is 0 Å². The molecular weight excluding hydrogens is 112 g/mol. The lowest BCUT2D eigenvalue weighted by Crippen LogP contribution is -2.23. The van der Waals surface area contributed by atoms with Crippen molar-refractivity contribution in [3.8, 4) is 0 Å². The lowest BCUT2D eigenvalue weighted by atomic mass is 10.1. The Morgan fingerprint density at radius 2 is 2.44 bits per heavy atom. The van der Waals surface area contributed by atoms with Crippen LogP contribution in [0.2, 0.25) is 0 Å². The van der Waals surface area contributed by atoms with Gasteiger partial charge in [0, 0.05) is 12.8 Å². The van der Waals surface area contributed by atoms with Gasteiger partial charge >= 0.3 is 0 Å². The van der Waals surface area contributed by atoms with Gasteiger partial charge in [0.25, 0.3) is 0 Å². The Kier molecular flexibility index (Phi) is 2.71. The van der Waals surface area contributed by atoms with Crippen molar-refractivity contribution in [3.63, 3.8) is 0 Å². The third kappa shape index (κ3) is 2.61. The Bertz CT molecular complexity index is 99.1. The molecule has 0 aliphatic carbocycles. The van der Waals surface area contributed by atoms with Crippen LogP contribution in [0.25, 0.3) is 0 Å². The van der Waals surface area contributed by atoms with Gasteiger partial charge in [-0.2, -0.15) is 0 Å². The topological polar surface area (TPSA) is 24.4 Å². The number of rotatable bonds is 0. The van der Waals surface area contributed by atoms with E-state index in [0.29, 0.717) is 5.92 Å². The van der Waals surface area contributed by atoms with Gasteiger partial charge in [0.1, 0.15) is 0 Å². The van der Waals surface area contributed by atoms with E-state index < -0.39 is 0 Å². The van der Waals surface area contributed by atoms with Gasteiger partial charge in [-0.05, 0) is 18.9 Å². The molecule has 9 heavy (non-hydrogen) atoms. The van der Waals surface area contributed by atoms with E-state index in [1.165, 1.54) is 6.42 Å². The fraction of sp³-hybridized carbons (Fsp3) is 0.857. The summed E-state index contributed by atoms with van der Waals surface area (Å²) < 4.78 is 0. The third-order valence-corrected chi connectivity index (χ3v) is 1.55. The molecule has 0 fully saturated rings. The molecule has 1 atom stereocenters. The minimum absolute atomic E-state index is 0.665. The quantitative estimate of drug-likeness (QED) is 0.507. The molecule has 0 saturated carbocycles. The molecule has 0 aromatic heterocycles. The second kappa shape index (κ2) is 3.62. The van der Waals surface area contributed by atoms with Crippen molar-refractivity contribution >= 4 is 6.21 Å². The molecule has 1 heterocycles. The van der Waals surface area contributed by atoms with Gasteiger partial charge in [-0.15, -0.1) is 0 Å². The summed E-state index contributed by atoms with van der Waals surface area (Å²) >= 11 is 0. The summed E-state index contributed by atoms with van der Waals surface area (Å²) in [5.74, 6) is 0.665. The normalized spacial score (nSPS) is 29.2. The Morgan fingerprint density at radius 1 is 1.56 bits per heavy atom. The molecule has 0 aromatic rings. The summed E-state index contributed by atoms with van der Waals surface area (Å²) in [5.41, 5.74) is 0. The van der Waals surface area contributed by atoms with Gasteiger partial charge in [0.15, 0.2) is 0 Å². The SMILES string of the molecule is CC1C=NCCNCC1. The molecule has 1 aliphatic heterocycles. The highest BCUT2D eigenvalue weighted by Crippen LogP contribution is 1.97. The molecule has 1 rings (SSSR count). The zero-order chi connectivity index (χ0) is 6.53. The molecule has 0 saturated heterocycles. The zero-order valence-corrected chi connectivity index (χ0v) is 5.93. The van der Waals surface area contributed by atoms with Gasteiger partial charge in [-0.3, -0.25) is 4.99 Å².